The van der Waals surface area contributed by atoms with Gasteiger partial charge in [0.05, 0.1) is 0 Å². The summed E-state index contributed by atoms with van der Waals surface area (Å²) in [6.45, 7) is 8.93. The summed E-state index contributed by atoms with van der Waals surface area (Å²) >= 11 is 6.37. The minimum atomic E-state index is 0.153. The number of halogens is 1. The molecule has 2 rings (SSSR count). The van der Waals surface area contributed by atoms with Gasteiger partial charge in [-0.05, 0) is 49.3 Å². The quantitative estimate of drug-likeness (QED) is 0.911. The standard InChI is InChI=1S/C16H25ClN2/c1-11(2)14-6-7-19(10-14)15-5-4-13(8-12(3)18)16(17)9-15/h4-5,9,11-12,14H,6-8,10,18H2,1-3H3. The number of hydrogen-bond donors (Lipinski definition) is 1. The lowest BCUT2D eigenvalue weighted by Crippen LogP contribution is -2.21. The predicted octanol–water partition coefficient (Wildman–Crippen LogP) is 3.71. The topological polar surface area (TPSA) is 29.3 Å². The summed E-state index contributed by atoms with van der Waals surface area (Å²) in [5.41, 5.74) is 8.24. The van der Waals surface area contributed by atoms with E-state index in [-0.39, 0.29) is 6.04 Å². The highest BCUT2D eigenvalue weighted by Crippen LogP contribution is 2.31. The van der Waals surface area contributed by atoms with E-state index in [1.807, 2.05) is 6.92 Å². The second-order valence-corrected chi connectivity index (χ2v) is 6.60. The van der Waals surface area contributed by atoms with Gasteiger partial charge in [0.25, 0.3) is 0 Å². The molecule has 19 heavy (non-hydrogen) atoms. The maximum absolute atomic E-state index is 6.37. The molecule has 0 bridgehead atoms. The fraction of sp³-hybridized carbons (Fsp3) is 0.625. The van der Waals surface area contributed by atoms with Crippen molar-refractivity contribution >= 4 is 17.3 Å². The highest BCUT2D eigenvalue weighted by Gasteiger charge is 2.25. The average molecular weight is 281 g/mol. The van der Waals surface area contributed by atoms with Gasteiger partial charge < -0.3 is 10.6 Å². The Morgan fingerprint density at radius 3 is 2.63 bits per heavy atom. The van der Waals surface area contributed by atoms with Gasteiger partial charge in [0.15, 0.2) is 0 Å². The van der Waals surface area contributed by atoms with E-state index < -0.39 is 0 Å². The van der Waals surface area contributed by atoms with Crippen LogP contribution in [0.2, 0.25) is 5.02 Å². The molecular weight excluding hydrogens is 256 g/mol. The van der Waals surface area contributed by atoms with E-state index in [0.29, 0.717) is 0 Å². The first-order valence-corrected chi connectivity index (χ1v) is 7.64. The lowest BCUT2D eigenvalue weighted by molar-refractivity contribution is 0.423. The molecule has 2 atom stereocenters. The van der Waals surface area contributed by atoms with E-state index in [4.69, 9.17) is 17.3 Å². The molecule has 0 saturated carbocycles. The van der Waals surface area contributed by atoms with Gasteiger partial charge in [0.2, 0.25) is 0 Å². The Hall–Kier alpha value is -0.730. The Kier molecular flexibility index (Phi) is 4.75. The van der Waals surface area contributed by atoms with Crippen LogP contribution in [0.15, 0.2) is 18.2 Å². The Balaban J connectivity index is 2.08. The summed E-state index contributed by atoms with van der Waals surface area (Å²) in [6, 6.07) is 6.57. The molecule has 0 aliphatic carbocycles. The van der Waals surface area contributed by atoms with Crippen LogP contribution in [0.5, 0.6) is 0 Å². The molecule has 1 aliphatic rings. The first-order chi connectivity index (χ1) is 8.97. The number of nitrogens with two attached hydrogens (primary N) is 1. The molecule has 1 aliphatic heterocycles. The molecule has 1 heterocycles. The number of anilines is 1. The fourth-order valence-electron chi connectivity index (χ4n) is 2.81. The average Bonchev–Trinajstić information content (AvgIpc) is 2.80. The van der Waals surface area contributed by atoms with Gasteiger partial charge >= 0.3 is 0 Å². The van der Waals surface area contributed by atoms with Crippen LogP contribution in [0.1, 0.15) is 32.8 Å². The van der Waals surface area contributed by atoms with Crippen LogP contribution < -0.4 is 10.6 Å². The van der Waals surface area contributed by atoms with Crippen molar-refractivity contribution in [2.75, 3.05) is 18.0 Å². The van der Waals surface area contributed by atoms with E-state index in [1.165, 1.54) is 12.1 Å². The van der Waals surface area contributed by atoms with Crippen LogP contribution in [0.4, 0.5) is 5.69 Å². The molecule has 1 fully saturated rings. The van der Waals surface area contributed by atoms with Crippen molar-refractivity contribution in [3.63, 3.8) is 0 Å². The van der Waals surface area contributed by atoms with Crippen LogP contribution in [0, 0.1) is 11.8 Å². The highest BCUT2D eigenvalue weighted by molar-refractivity contribution is 6.31. The molecule has 1 saturated heterocycles. The maximum Gasteiger partial charge on any atom is 0.0459 e. The molecule has 0 aromatic heterocycles. The van der Waals surface area contributed by atoms with Gasteiger partial charge in [-0.25, -0.2) is 0 Å². The smallest absolute Gasteiger partial charge is 0.0459 e. The van der Waals surface area contributed by atoms with Crippen molar-refractivity contribution in [1.29, 1.82) is 0 Å². The molecule has 0 spiro atoms. The third kappa shape index (κ3) is 3.64. The van der Waals surface area contributed by atoms with Gasteiger partial charge in [-0.15, -0.1) is 0 Å². The fourth-order valence-corrected chi connectivity index (χ4v) is 3.06. The van der Waals surface area contributed by atoms with Crippen LogP contribution in [-0.4, -0.2) is 19.1 Å². The second-order valence-electron chi connectivity index (χ2n) is 6.20. The van der Waals surface area contributed by atoms with Crippen LogP contribution >= 0.6 is 11.6 Å². The largest absolute Gasteiger partial charge is 0.371 e. The summed E-state index contributed by atoms with van der Waals surface area (Å²) in [5, 5.41) is 0.850. The molecular formula is C16H25ClN2. The van der Waals surface area contributed by atoms with E-state index >= 15 is 0 Å². The highest BCUT2D eigenvalue weighted by atomic mass is 35.5. The molecule has 2 N–H and O–H groups in total. The predicted molar refractivity (Wildman–Crippen MR) is 84.0 cm³/mol. The number of rotatable bonds is 4. The minimum Gasteiger partial charge on any atom is -0.371 e. The van der Waals surface area contributed by atoms with Gasteiger partial charge in [0.1, 0.15) is 0 Å². The van der Waals surface area contributed by atoms with E-state index in [2.05, 4.69) is 36.9 Å². The summed E-state index contributed by atoms with van der Waals surface area (Å²) in [7, 11) is 0. The van der Waals surface area contributed by atoms with Gasteiger partial charge in [-0.3, -0.25) is 0 Å². The molecule has 0 amide bonds. The molecule has 3 heteroatoms. The monoisotopic (exact) mass is 280 g/mol. The zero-order chi connectivity index (χ0) is 14.0. The van der Waals surface area contributed by atoms with E-state index in [9.17, 15) is 0 Å². The van der Waals surface area contributed by atoms with Crippen LogP contribution in [0.3, 0.4) is 0 Å². The van der Waals surface area contributed by atoms with E-state index in [1.54, 1.807) is 0 Å². The van der Waals surface area contributed by atoms with Crippen molar-refractivity contribution in [3.05, 3.63) is 28.8 Å². The molecule has 0 radical (unpaired) electrons. The van der Waals surface area contributed by atoms with E-state index in [0.717, 1.165) is 41.9 Å². The van der Waals surface area contributed by atoms with Crippen molar-refractivity contribution < 1.29 is 0 Å². The summed E-state index contributed by atoms with van der Waals surface area (Å²) in [4.78, 5) is 2.45. The maximum atomic E-state index is 6.37. The lowest BCUT2D eigenvalue weighted by Gasteiger charge is -2.21. The molecule has 1 aromatic rings. The molecule has 2 nitrogen and oxygen atoms in total. The van der Waals surface area contributed by atoms with Gasteiger partial charge in [-0.1, -0.05) is 31.5 Å². The van der Waals surface area contributed by atoms with Crippen molar-refractivity contribution in [2.24, 2.45) is 17.6 Å². The lowest BCUT2D eigenvalue weighted by atomic mass is 9.95. The normalized spacial score (nSPS) is 21.2. The third-order valence-electron chi connectivity index (χ3n) is 4.11. The first kappa shape index (κ1) is 14.7. The third-order valence-corrected chi connectivity index (χ3v) is 4.46. The number of hydrogen-bond acceptors (Lipinski definition) is 2. The summed E-state index contributed by atoms with van der Waals surface area (Å²) in [5.74, 6) is 1.57. The van der Waals surface area contributed by atoms with Crippen LogP contribution in [-0.2, 0) is 6.42 Å². The van der Waals surface area contributed by atoms with Crippen molar-refractivity contribution in [1.82, 2.24) is 0 Å². The Bertz CT molecular complexity index is 429. The summed E-state index contributed by atoms with van der Waals surface area (Å²) in [6.07, 6.45) is 2.13. The minimum absolute atomic E-state index is 0.153. The summed E-state index contributed by atoms with van der Waals surface area (Å²) < 4.78 is 0. The van der Waals surface area contributed by atoms with Crippen molar-refractivity contribution in [2.45, 2.75) is 39.7 Å². The Morgan fingerprint density at radius 2 is 2.11 bits per heavy atom. The Morgan fingerprint density at radius 1 is 1.37 bits per heavy atom. The zero-order valence-corrected chi connectivity index (χ0v) is 13.0. The number of nitrogens with zero attached hydrogens (tertiary/aromatic N) is 1. The zero-order valence-electron chi connectivity index (χ0n) is 12.2. The van der Waals surface area contributed by atoms with Crippen LogP contribution in [0.25, 0.3) is 0 Å². The Labute approximate surface area is 121 Å². The van der Waals surface area contributed by atoms with Gasteiger partial charge in [-0.2, -0.15) is 0 Å². The van der Waals surface area contributed by atoms with Crippen molar-refractivity contribution in [3.8, 4) is 0 Å². The first-order valence-electron chi connectivity index (χ1n) is 7.26. The molecule has 2 unspecified atom stereocenters. The molecule has 106 valence electrons. The number of benzene rings is 1. The second kappa shape index (κ2) is 6.15. The van der Waals surface area contributed by atoms with Gasteiger partial charge in [0, 0.05) is 29.8 Å². The molecule has 1 aromatic carbocycles. The SMILES string of the molecule is CC(N)Cc1ccc(N2CCC(C(C)C)C2)cc1Cl.